The van der Waals surface area contributed by atoms with Gasteiger partial charge >= 0.3 is 0 Å². The van der Waals surface area contributed by atoms with Crippen molar-refractivity contribution in [3.8, 4) is 0 Å². The summed E-state index contributed by atoms with van der Waals surface area (Å²) in [6.45, 7) is 9.10. The third kappa shape index (κ3) is 28.7. The lowest BCUT2D eigenvalue weighted by Gasteiger charge is -2.28. The Bertz CT molecular complexity index is 929. The fourth-order valence-corrected chi connectivity index (χ4v) is 7.07. The van der Waals surface area contributed by atoms with Crippen LogP contribution >= 0.6 is 0 Å². The molecule has 302 valence electrons. The third-order valence-corrected chi connectivity index (χ3v) is 10.4. The zero-order valence-corrected chi connectivity index (χ0v) is 35.1. The fraction of sp³-hybridized carbons (Fsp3) is 0.826. The van der Waals surface area contributed by atoms with E-state index in [9.17, 15) is 0 Å². The van der Waals surface area contributed by atoms with Gasteiger partial charge in [0.15, 0.2) is 5.79 Å². The predicted octanol–water partition coefficient (Wildman–Crippen LogP) is 14.0. The zero-order chi connectivity index (χ0) is 37.8. The Hall–Kier alpha value is -1.76. The maximum Gasteiger partial charge on any atom is 0.168 e. The smallest absolute Gasteiger partial charge is 0.168 e. The van der Waals surface area contributed by atoms with Crippen molar-refractivity contribution in [3.05, 3.63) is 48.4 Å². The summed E-state index contributed by atoms with van der Waals surface area (Å²) in [6, 6.07) is 0. The van der Waals surface area contributed by atoms with Gasteiger partial charge in [0.05, 0.1) is 18.4 Å². The molecule has 2 N–H and O–H groups in total. The SMILES string of the molecule is CCCCC/C=C\C/C=C\CCCCCCCCC1(CCCCCCCC/C=C\CC(C)CCCCC)OCC(CCN/C=C(/CN(C)C)N=N)O1. The van der Waals surface area contributed by atoms with Gasteiger partial charge in [-0.05, 0) is 90.6 Å². The molecule has 1 aliphatic heterocycles. The molecule has 0 aromatic carbocycles. The third-order valence-electron chi connectivity index (χ3n) is 10.4. The van der Waals surface area contributed by atoms with Gasteiger partial charge in [0.2, 0.25) is 0 Å². The lowest BCUT2D eigenvalue weighted by molar-refractivity contribution is -0.179. The molecule has 52 heavy (non-hydrogen) atoms. The molecule has 0 aromatic heterocycles. The Morgan fingerprint density at radius 3 is 1.87 bits per heavy atom. The van der Waals surface area contributed by atoms with E-state index in [1.165, 1.54) is 148 Å². The molecular weight excluding hydrogens is 641 g/mol. The van der Waals surface area contributed by atoms with Crippen LogP contribution in [0, 0.1) is 11.4 Å². The average molecular weight is 727 g/mol. The summed E-state index contributed by atoms with van der Waals surface area (Å²) in [7, 11) is 3.99. The van der Waals surface area contributed by atoms with Crippen molar-refractivity contribution in [3.63, 3.8) is 0 Å². The summed E-state index contributed by atoms with van der Waals surface area (Å²) in [5, 5.41) is 7.00. The van der Waals surface area contributed by atoms with Gasteiger partial charge in [0, 0.05) is 32.1 Å². The van der Waals surface area contributed by atoms with Gasteiger partial charge in [-0.25, -0.2) is 5.53 Å². The van der Waals surface area contributed by atoms with E-state index in [4.69, 9.17) is 15.0 Å². The highest BCUT2D eigenvalue weighted by Crippen LogP contribution is 2.35. The molecule has 6 nitrogen and oxygen atoms in total. The Morgan fingerprint density at radius 1 is 0.750 bits per heavy atom. The first-order valence-corrected chi connectivity index (χ1v) is 22.2. The van der Waals surface area contributed by atoms with Gasteiger partial charge in [-0.1, -0.05) is 147 Å². The molecule has 0 bridgehead atoms. The van der Waals surface area contributed by atoms with E-state index in [1.807, 2.05) is 25.2 Å². The van der Waals surface area contributed by atoms with Crippen molar-refractivity contribution in [1.29, 1.82) is 5.53 Å². The molecule has 1 heterocycles. The van der Waals surface area contributed by atoms with Crippen LogP contribution in [0.2, 0.25) is 0 Å². The normalized spacial score (nSPS) is 18.9. The Kier molecular flexibility index (Phi) is 32.5. The molecule has 0 spiro atoms. The first-order chi connectivity index (χ1) is 25.4. The largest absolute Gasteiger partial charge is 0.389 e. The van der Waals surface area contributed by atoms with E-state index in [0.29, 0.717) is 13.2 Å². The van der Waals surface area contributed by atoms with Crippen LogP contribution in [0.5, 0.6) is 0 Å². The molecule has 0 amide bonds. The van der Waals surface area contributed by atoms with E-state index in [-0.39, 0.29) is 6.10 Å². The summed E-state index contributed by atoms with van der Waals surface area (Å²) in [4.78, 5) is 2.03. The van der Waals surface area contributed by atoms with Gasteiger partial charge in [-0.2, -0.15) is 5.11 Å². The number of unbranched alkanes of at least 4 members (excludes halogenated alkanes) is 17. The summed E-state index contributed by atoms with van der Waals surface area (Å²) in [5.74, 6) is 0.431. The highest BCUT2D eigenvalue weighted by molar-refractivity contribution is 4.99. The second kappa shape index (κ2) is 35.0. The number of ether oxygens (including phenoxy) is 2. The molecule has 6 heteroatoms. The Labute approximate surface area is 323 Å². The van der Waals surface area contributed by atoms with Gasteiger partial charge in [0.25, 0.3) is 0 Å². The number of hydrogen-bond donors (Lipinski definition) is 2. The van der Waals surface area contributed by atoms with Gasteiger partial charge in [0.1, 0.15) is 0 Å². The summed E-state index contributed by atoms with van der Waals surface area (Å²) >= 11 is 0. The van der Waals surface area contributed by atoms with Crippen molar-refractivity contribution in [1.82, 2.24) is 10.2 Å². The summed E-state index contributed by atoms with van der Waals surface area (Å²) in [6.07, 6.45) is 50.1. The van der Waals surface area contributed by atoms with Crippen molar-refractivity contribution in [2.24, 2.45) is 11.0 Å². The number of nitrogens with one attached hydrogen (secondary N) is 2. The molecule has 1 rings (SSSR count). The van der Waals surface area contributed by atoms with Crippen molar-refractivity contribution in [2.75, 3.05) is 33.8 Å². The monoisotopic (exact) mass is 727 g/mol. The lowest BCUT2D eigenvalue weighted by atomic mass is 9.98. The number of likely N-dealkylation sites (N-methyl/N-ethyl adjacent to an activating group) is 1. The van der Waals surface area contributed by atoms with Gasteiger partial charge < -0.3 is 19.7 Å². The van der Waals surface area contributed by atoms with E-state index in [1.54, 1.807) is 0 Å². The second-order valence-electron chi connectivity index (χ2n) is 16.0. The molecule has 3 atom stereocenters. The first kappa shape index (κ1) is 48.3. The summed E-state index contributed by atoms with van der Waals surface area (Å²) < 4.78 is 13.2. The van der Waals surface area contributed by atoms with Crippen LogP contribution in [0.3, 0.4) is 0 Å². The predicted molar refractivity (Wildman–Crippen MR) is 226 cm³/mol. The number of rotatable bonds is 37. The maximum atomic E-state index is 7.42. The topological polar surface area (TPSA) is 69.9 Å². The van der Waals surface area contributed by atoms with Crippen LogP contribution in [-0.2, 0) is 9.47 Å². The van der Waals surface area contributed by atoms with Crippen LogP contribution in [0.25, 0.3) is 0 Å². The molecule has 0 aromatic rings. The number of allylic oxidation sites excluding steroid dienone is 6. The molecule has 1 fully saturated rings. The summed E-state index contributed by atoms with van der Waals surface area (Å²) in [5.41, 5.74) is 8.15. The fourth-order valence-electron chi connectivity index (χ4n) is 7.07. The second-order valence-corrected chi connectivity index (χ2v) is 16.0. The van der Waals surface area contributed by atoms with E-state index < -0.39 is 5.79 Å². The van der Waals surface area contributed by atoms with Crippen LogP contribution in [0.15, 0.2) is 53.5 Å². The zero-order valence-electron chi connectivity index (χ0n) is 35.1. The van der Waals surface area contributed by atoms with Crippen LogP contribution < -0.4 is 5.32 Å². The molecule has 0 aliphatic carbocycles. The van der Waals surface area contributed by atoms with Gasteiger partial charge in [-0.3, -0.25) is 0 Å². The minimum atomic E-state index is -0.402. The number of hydrogen-bond acceptors (Lipinski definition) is 6. The van der Waals surface area contributed by atoms with Crippen molar-refractivity contribution in [2.45, 2.75) is 206 Å². The standard InChI is InChI=1S/C46H86N4O2/c1-6-8-10-11-12-13-14-15-16-17-18-19-22-25-28-32-37-46(51-42-45(52-46)36-39-48-40-44(49-47)41-50(4)5)38-33-29-26-23-20-21-24-27-31-35-43(3)34-30-9-7-2/h12-13,15-16,27,31,40,43,45,47-48H,6-11,14,17-26,28-30,32-39,41-42H2,1-5H3/b13-12-,16-15-,31-27-,44-40-,49-47?. The minimum Gasteiger partial charge on any atom is -0.389 e. The molecule has 0 saturated carbocycles. The first-order valence-electron chi connectivity index (χ1n) is 22.2. The highest BCUT2D eigenvalue weighted by atomic mass is 16.7. The van der Waals surface area contributed by atoms with Crippen LogP contribution in [-0.4, -0.2) is 50.6 Å². The van der Waals surface area contributed by atoms with Crippen LogP contribution in [0.1, 0.15) is 194 Å². The molecule has 3 unspecified atom stereocenters. The quantitative estimate of drug-likeness (QED) is 0.0380. The van der Waals surface area contributed by atoms with E-state index >= 15 is 0 Å². The maximum absolute atomic E-state index is 7.42. The number of nitrogens with zero attached hydrogens (tertiary/aromatic N) is 2. The molecule has 1 aliphatic rings. The van der Waals surface area contributed by atoms with Crippen LogP contribution in [0.4, 0.5) is 0 Å². The average Bonchev–Trinajstić information content (AvgIpc) is 3.54. The Morgan fingerprint density at radius 2 is 1.29 bits per heavy atom. The molecule has 0 radical (unpaired) electrons. The van der Waals surface area contributed by atoms with E-state index in [0.717, 1.165) is 43.8 Å². The lowest BCUT2D eigenvalue weighted by Crippen LogP contribution is -2.31. The molecule has 1 saturated heterocycles. The van der Waals surface area contributed by atoms with E-state index in [2.05, 4.69) is 67.7 Å². The van der Waals surface area contributed by atoms with Crippen molar-refractivity contribution < 1.29 is 9.47 Å². The Balaban J connectivity index is 2.34. The van der Waals surface area contributed by atoms with Crippen molar-refractivity contribution >= 4 is 0 Å². The highest BCUT2D eigenvalue weighted by Gasteiger charge is 2.40. The molecular formula is C46H86N4O2. The minimum absolute atomic E-state index is 0.128. The van der Waals surface area contributed by atoms with Gasteiger partial charge in [-0.15, -0.1) is 0 Å².